The minimum absolute atomic E-state index is 0.0517. The molecule has 1 amide bonds. The molecule has 2 aromatic rings. The predicted octanol–water partition coefficient (Wildman–Crippen LogP) is 3.74. The predicted molar refractivity (Wildman–Crippen MR) is 94.7 cm³/mol. The maximum atomic E-state index is 13.0. The molecule has 5 nitrogen and oxygen atoms in total. The van der Waals surface area contributed by atoms with Crippen LogP contribution >= 0.6 is 15.9 Å². The van der Waals surface area contributed by atoms with Crippen LogP contribution in [-0.4, -0.2) is 32.1 Å². The van der Waals surface area contributed by atoms with Crippen LogP contribution in [0.15, 0.2) is 28.7 Å². The maximum Gasteiger partial charge on any atom is 0.254 e. The summed E-state index contributed by atoms with van der Waals surface area (Å²) in [6, 6.07) is 7.67. The molecule has 0 spiro atoms. The second kappa shape index (κ2) is 6.67. The van der Waals surface area contributed by atoms with E-state index in [0.29, 0.717) is 0 Å². The van der Waals surface area contributed by atoms with Crippen LogP contribution in [0, 0.1) is 0 Å². The van der Waals surface area contributed by atoms with Gasteiger partial charge in [0, 0.05) is 29.5 Å². The number of carbonyl (C=O) groups is 1. The van der Waals surface area contributed by atoms with Gasteiger partial charge in [-0.1, -0.05) is 28.4 Å². The smallest absolute Gasteiger partial charge is 0.254 e. The quantitative estimate of drug-likeness (QED) is 0.786. The minimum atomic E-state index is 0.0517. The molecular weight excluding hydrogens is 368 g/mol. The van der Waals surface area contributed by atoms with Gasteiger partial charge in [-0.25, -0.2) is 0 Å². The van der Waals surface area contributed by atoms with Crippen LogP contribution in [0.4, 0.5) is 0 Å². The third-order valence-corrected chi connectivity index (χ3v) is 5.51. The normalized spacial score (nSPS) is 20.7. The lowest BCUT2D eigenvalue weighted by atomic mass is 10.1. The van der Waals surface area contributed by atoms with Gasteiger partial charge in [-0.05, 0) is 43.9 Å². The number of likely N-dealkylation sites (tertiary alicyclic amines) is 1. The molecule has 1 aromatic carbocycles. The molecule has 126 valence electrons. The largest absolute Gasteiger partial charge is 0.328 e. The zero-order valence-corrected chi connectivity index (χ0v) is 15.2. The van der Waals surface area contributed by atoms with Gasteiger partial charge in [-0.15, -0.1) is 10.2 Å². The summed E-state index contributed by atoms with van der Waals surface area (Å²) in [4.78, 5) is 15.0. The molecule has 1 saturated heterocycles. The van der Waals surface area contributed by atoms with Crippen molar-refractivity contribution in [1.29, 1.82) is 0 Å². The third kappa shape index (κ3) is 2.88. The zero-order chi connectivity index (χ0) is 16.5. The maximum absolute atomic E-state index is 13.0. The molecule has 0 radical (unpaired) electrons. The highest BCUT2D eigenvalue weighted by molar-refractivity contribution is 9.10. The number of hydrogen-bond acceptors (Lipinski definition) is 3. The third-order valence-electron chi connectivity index (χ3n) is 5.02. The lowest BCUT2D eigenvalue weighted by Crippen LogP contribution is -2.32. The van der Waals surface area contributed by atoms with E-state index in [0.717, 1.165) is 54.0 Å². The van der Waals surface area contributed by atoms with Crippen molar-refractivity contribution in [1.82, 2.24) is 19.7 Å². The van der Waals surface area contributed by atoms with Crippen LogP contribution in [0.2, 0.25) is 0 Å². The fraction of sp³-hybridized carbons (Fsp3) is 0.500. The van der Waals surface area contributed by atoms with Crippen LogP contribution in [-0.2, 0) is 13.0 Å². The zero-order valence-electron chi connectivity index (χ0n) is 13.6. The second-order valence-corrected chi connectivity index (χ2v) is 7.52. The fourth-order valence-corrected chi connectivity index (χ4v) is 4.22. The van der Waals surface area contributed by atoms with E-state index in [1.165, 1.54) is 19.3 Å². The van der Waals surface area contributed by atoms with E-state index < -0.39 is 0 Å². The Morgan fingerprint density at radius 1 is 1.12 bits per heavy atom. The number of nitrogens with zero attached hydrogens (tertiary/aromatic N) is 4. The summed E-state index contributed by atoms with van der Waals surface area (Å²) in [6.45, 7) is 1.77. The van der Waals surface area contributed by atoms with Crippen molar-refractivity contribution in [3.8, 4) is 0 Å². The van der Waals surface area contributed by atoms with E-state index in [2.05, 4.69) is 30.7 Å². The standard InChI is InChI=1S/C18H21BrN4O/c19-14-7-4-6-13(12-14)18(24)22-11-5-8-15(22)17-21-20-16-9-2-1-3-10-23(16)17/h4,6-7,12,15H,1-3,5,8-11H2. The summed E-state index contributed by atoms with van der Waals surface area (Å²) < 4.78 is 3.20. The summed E-state index contributed by atoms with van der Waals surface area (Å²) in [5, 5.41) is 8.88. The van der Waals surface area contributed by atoms with Crippen LogP contribution in [0.25, 0.3) is 0 Å². The molecule has 1 unspecified atom stereocenters. The Bertz CT molecular complexity index is 757. The molecule has 0 aliphatic carbocycles. The first kappa shape index (κ1) is 15.8. The number of aromatic nitrogens is 3. The number of benzene rings is 1. The van der Waals surface area contributed by atoms with Crippen LogP contribution in [0.1, 0.15) is 60.2 Å². The number of aryl methyl sites for hydroxylation is 1. The lowest BCUT2D eigenvalue weighted by molar-refractivity contribution is 0.0727. The topological polar surface area (TPSA) is 51.0 Å². The Morgan fingerprint density at radius 3 is 2.92 bits per heavy atom. The molecule has 1 aromatic heterocycles. The summed E-state index contributed by atoms with van der Waals surface area (Å²) in [7, 11) is 0. The van der Waals surface area contributed by atoms with Crippen LogP contribution in [0.3, 0.4) is 0 Å². The molecule has 0 saturated carbocycles. The van der Waals surface area contributed by atoms with E-state index in [4.69, 9.17) is 0 Å². The lowest BCUT2D eigenvalue weighted by Gasteiger charge is -2.25. The van der Waals surface area contributed by atoms with Crippen molar-refractivity contribution in [2.75, 3.05) is 6.54 Å². The Labute approximate surface area is 150 Å². The van der Waals surface area contributed by atoms with E-state index in [1.807, 2.05) is 29.2 Å². The fourth-order valence-electron chi connectivity index (χ4n) is 3.82. The summed E-state index contributed by atoms with van der Waals surface area (Å²) >= 11 is 3.45. The van der Waals surface area contributed by atoms with Gasteiger partial charge in [0.1, 0.15) is 5.82 Å². The number of fused-ring (bicyclic) bond motifs is 1. The average Bonchev–Trinajstić information content (AvgIpc) is 3.15. The van der Waals surface area contributed by atoms with Gasteiger partial charge >= 0.3 is 0 Å². The van der Waals surface area contributed by atoms with Crippen LogP contribution < -0.4 is 0 Å². The molecule has 1 atom stereocenters. The molecule has 0 N–H and O–H groups in total. The molecule has 2 aliphatic heterocycles. The highest BCUT2D eigenvalue weighted by Gasteiger charge is 2.34. The van der Waals surface area contributed by atoms with Crippen LogP contribution in [0.5, 0.6) is 0 Å². The minimum Gasteiger partial charge on any atom is -0.328 e. The van der Waals surface area contributed by atoms with E-state index in [1.54, 1.807) is 0 Å². The molecule has 24 heavy (non-hydrogen) atoms. The highest BCUT2D eigenvalue weighted by atomic mass is 79.9. The van der Waals surface area contributed by atoms with Crippen molar-refractivity contribution in [2.45, 2.75) is 51.1 Å². The number of carbonyl (C=O) groups excluding carboxylic acids is 1. The number of hydrogen-bond donors (Lipinski definition) is 0. The Hall–Kier alpha value is -1.69. The van der Waals surface area contributed by atoms with Gasteiger partial charge in [0.05, 0.1) is 6.04 Å². The monoisotopic (exact) mass is 388 g/mol. The SMILES string of the molecule is O=C(c1cccc(Br)c1)N1CCCC1c1nnc2n1CCCCC2. The molecule has 2 aliphatic rings. The van der Waals surface area contributed by atoms with E-state index in [9.17, 15) is 4.79 Å². The van der Waals surface area contributed by atoms with Gasteiger partial charge in [0.25, 0.3) is 5.91 Å². The number of halogens is 1. The van der Waals surface area contributed by atoms with Gasteiger partial charge in [0.15, 0.2) is 5.82 Å². The Kier molecular flexibility index (Phi) is 4.39. The first-order chi connectivity index (χ1) is 11.7. The molecular formula is C18H21BrN4O. The van der Waals surface area contributed by atoms with Gasteiger partial charge in [-0.3, -0.25) is 4.79 Å². The van der Waals surface area contributed by atoms with Crippen molar-refractivity contribution < 1.29 is 4.79 Å². The first-order valence-corrected chi connectivity index (χ1v) is 9.52. The average molecular weight is 389 g/mol. The number of rotatable bonds is 2. The van der Waals surface area contributed by atoms with Crippen molar-refractivity contribution in [3.63, 3.8) is 0 Å². The first-order valence-electron chi connectivity index (χ1n) is 8.72. The summed E-state index contributed by atoms with van der Waals surface area (Å²) in [6.07, 6.45) is 6.59. The Balaban J connectivity index is 1.64. The molecule has 3 heterocycles. The van der Waals surface area contributed by atoms with E-state index >= 15 is 0 Å². The summed E-state index contributed by atoms with van der Waals surface area (Å²) in [5.74, 6) is 2.15. The van der Waals surface area contributed by atoms with Crippen molar-refractivity contribution >= 4 is 21.8 Å². The van der Waals surface area contributed by atoms with Gasteiger partial charge < -0.3 is 9.47 Å². The second-order valence-electron chi connectivity index (χ2n) is 6.60. The molecule has 1 fully saturated rings. The molecule has 4 rings (SSSR count). The Morgan fingerprint density at radius 2 is 2.04 bits per heavy atom. The van der Waals surface area contributed by atoms with E-state index in [-0.39, 0.29) is 11.9 Å². The number of amides is 1. The van der Waals surface area contributed by atoms with Crippen molar-refractivity contribution in [3.05, 3.63) is 46.0 Å². The van der Waals surface area contributed by atoms with Crippen molar-refractivity contribution in [2.24, 2.45) is 0 Å². The van der Waals surface area contributed by atoms with Gasteiger partial charge in [0.2, 0.25) is 0 Å². The summed E-state index contributed by atoms with van der Waals surface area (Å²) in [5.41, 5.74) is 0.729. The molecule has 0 bridgehead atoms. The van der Waals surface area contributed by atoms with Gasteiger partial charge in [-0.2, -0.15) is 0 Å². The molecule has 6 heteroatoms. The highest BCUT2D eigenvalue weighted by Crippen LogP contribution is 2.33.